The Hall–Kier alpha value is -2.12. The molecule has 0 fully saturated rings. The van der Waals surface area contributed by atoms with Crippen molar-refractivity contribution in [2.24, 2.45) is 5.73 Å². The van der Waals surface area contributed by atoms with Crippen molar-refractivity contribution >= 4 is 35.0 Å². The number of nitrogens with two attached hydrogens (primary N) is 1. The van der Waals surface area contributed by atoms with Crippen LogP contribution in [0, 0.1) is 0 Å². The van der Waals surface area contributed by atoms with E-state index < -0.39 is 6.04 Å². The van der Waals surface area contributed by atoms with Gasteiger partial charge in [0.1, 0.15) is 12.1 Å². The van der Waals surface area contributed by atoms with Crippen LogP contribution >= 0.6 is 23.2 Å². The van der Waals surface area contributed by atoms with Crippen molar-refractivity contribution in [3.8, 4) is 0 Å². The summed E-state index contributed by atoms with van der Waals surface area (Å²) >= 11 is 11.5. The van der Waals surface area contributed by atoms with Crippen LogP contribution in [-0.2, 0) is 9.59 Å². The van der Waals surface area contributed by atoms with Gasteiger partial charge in [-0.1, -0.05) is 47.5 Å². The van der Waals surface area contributed by atoms with Crippen molar-refractivity contribution in [1.82, 2.24) is 16.0 Å². The Labute approximate surface area is 182 Å². The zero-order valence-electron chi connectivity index (χ0n) is 16.8. The summed E-state index contributed by atoms with van der Waals surface area (Å²) in [7, 11) is 1.76. The molecular weight excluding hydrogens is 411 g/mol. The largest absolute Gasteiger partial charge is 0.355 e. The van der Waals surface area contributed by atoms with Gasteiger partial charge in [0.15, 0.2) is 0 Å². The molecule has 0 aromatic heterocycles. The zero-order valence-corrected chi connectivity index (χ0v) is 18.3. The average molecular weight is 439 g/mol. The number of carbonyl (C=O) groups excluding carboxylic acids is 2. The maximum absolute atomic E-state index is 11.7. The van der Waals surface area contributed by atoms with Crippen LogP contribution in [0.5, 0.6) is 0 Å². The summed E-state index contributed by atoms with van der Waals surface area (Å²) in [6, 6.07) is 13.3. The van der Waals surface area contributed by atoms with Gasteiger partial charge in [0.2, 0.25) is 11.8 Å². The number of benzene rings is 2. The van der Waals surface area contributed by atoms with E-state index in [1.54, 1.807) is 43.4 Å². The van der Waals surface area contributed by atoms with Gasteiger partial charge in [0, 0.05) is 23.1 Å². The fourth-order valence-electron chi connectivity index (χ4n) is 2.49. The molecule has 2 unspecified atom stereocenters. The molecule has 8 heteroatoms. The lowest BCUT2D eigenvalue weighted by Crippen LogP contribution is -2.35. The van der Waals surface area contributed by atoms with E-state index in [1.807, 2.05) is 26.0 Å². The molecule has 0 radical (unpaired) electrons. The molecule has 2 rings (SSSR count). The minimum Gasteiger partial charge on any atom is -0.355 e. The quantitative estimate of drug-likeness (QED) is 0.533. The molecule has 0 aliphatic heterocycles. The maximum atomic E-state index is 11.7. The number of carbonyl (C=O) groups is 2. The summed E-state index contributed by atoms with van der Waals surface area (Å²) < 4.78 is 0. The molecule has 6 nitrogen and oxygen atoms in total. The summed E-state index contributed by atoms with van der Waals surface area (Å²) in [6.45, 7) is 4.96. The molecule has 0 saturated heterocycles. The van der Waals surface area contributed by atoms with Crippen LogP contribution < -0.4 is 21.7 Å². The number of amides is 2. The highest BCUT2D eigenvalue weighted by atomic mass is 35.5. The molecule has 0 aliphatic rings. The average Bonchev–Trinajstić information content (AvgIpc) is 2.71. The van der Waals surface area contributed by atoms with Gasteiger partial charge >= 0.3 is 0 Å². The number of hydrogen-bond acceptors (Lipinski definition) is 4. The van der Waals surface area contributed by atoms with Gasteiger partial charge in [-0.3, -0.25) is 9.59 Å². The summed E-state index contributed by atoms with van der Waals surface area (Å²) in [4.78, 5) is 23.0. The molecule has 2 aromatic carbocycles. The molecule has 0 aliphatic carbocycles. The van der Waals surface area contributed by atoms with Crippen molar-refractivity contribution in [3.05, 3.63) is 69.7 Å². The monoisotopic (exact) mass is 438 g/mol. The molecule has 158 valence electrons. The Morgan fingerprint density at radius 3 is 1.66 bits per heavy atom. The lowest BCUT2D eigenvalue weighted by molar-refractivity contribution is -0.123. The Morgan fingerprint density at radius 2 is 1.24 bits per heavy atom. The number of nitrogens with one attached hydrogen (secondary N) is 3. The third-order valence-electron chi connectivity index (χ3n) is 3.97. The predicted octanol–water partition coefficient (Wildman–Crippen LogP) is 3.21. The van der Waals surface area contributed by atoms with Gasteiger partial charge in [-0.05, 0) is 56.3 Å². The standard InChI is InChI=1S/C11H15ClN2O.C10H13ClN2O/c1-3-14-11(15)10(13-2)8-4-6-9(12)7-5-8;1-2-13-10(14)9(12)7-3-5-8(11)6-4-7/h4-7,10,13H,3H2,1-2H3,(H,14,15);3-6,9H,2,12H2,1H3,(H,13,14). The molecule has 5 N–H and O–H groups in total. The van der Waals surface area contributed by atoms with Crippen LogP contribution in [0.1, 0.15) is 37.1 Å². The summed E-state index contributed by atoms with van der Waals surface area (Å²) in [6.07, 6.45) is 0. The number of halogens is 2. The molecule has 0 heterocycles. The first-order chi connectivity index (χ1) is 13.8. The third-order valence-corrected chi connectivity index (χ3v) is 4.47. The SMILES string of the molecule is CCNC(=O)C(N)c1ccc(Cl)cc1.CCNC(=O)C(NC)c1ccc(Cl)cc1. The van der Waals surface area contributed by atoms with E-state index in [0.717, 1.165) is 11.1 Å². The van der Waals surface area contributed by atoms with E-state index in [1.165, 1.54) is 0 Å². The van der Waals surface area contributed by atoms with E-state index in [0.29, 0.717) is 23.1 Å². The van der Waals surface area contributed by atoms with Crippen molar-refractivity contribution < 1.29 is 9.59 Å². The number of hydrogen-bond donors (Lipinski definition) is 4. The normalized spacial score (nSPS) is 12.2. The molecule has 2 aromatic rings. The lowest BCUT2D eigenvalue weighted by Gasteiger charge is -2.15. The second-order valence-electron chi connectivity index (χ2n) is 6.09. The van der Waals surface area contributed by atoms with Crippen molar-refractivity contribution in [1.29, 1.82) is 0 Å². The fourth-order valence-corrected chi connectivity index (χ4v) is 2.74. The molecular formula is C21H28Cl2N4O2. The number of rotatable bonds is 7. The fraction of sp³-hybridized carbons (Fsp3) is 0.333. The highest BCUT2D eigenvalue weighted by Crippen LogP contribution is 2.16. The summed E-state index contributed by atoms with van der Waals surface area (Å²) in [5.74, 6) is -0.197. The third kappa shape index (κ3) is 8.41. The molecule has 0 spiro atoms. The highest BCUT2D eigenvalue weighted by molar-refractivity contribution is 6.30. The van der Waals surface area contributed by atoms with E-state index in [-0.39, 0.29) is 17.9 Å². The molecule has 0 bridgehead atoms. The lowest BCUT2D eigenvalue weighted by atomic mass is 10.1. The predicted molar refractivity (Wildman–Crippen MR) is 119 cm³/mol. The van der Waals surface area contributed by atoms with Crippen molar-refractivity contribution in [2.75, 3.05) is 20.1 Å². The first-order valence-electron chi connectivity index (χ1n) is 9.33. The smallest absolute Gasteiger partial charge is 0.241 e. The Bertz CT molecular complexity index is 767. The van der Waals surface area contributed by atoms with Gasteiger partial charge in [-0.2, -0.15) is 0 Å². The summed E-state index contributed by atoms with van der Waals surface area (Å²) in [5.41, 5.74) is 7.39. The Kier molecular flexibility index (Phi) is 11.3. The number of likely N-dealkylation sites (N-methyl/N-ethyl adjacent to an activating group) is 3. The molecule has 2 atom stereocenters. The first kappa shape index (κ1) is 24.9. The van der Waals surface area contributed by atoms with Gasteiger partial charge in [-0.15, -0.1) is 0 Å². The van der Waals surface area contributed by atoms with Gasteiger partial charge in [0.05, 0.1) is 0 Å². The minimum atomic E-state index is -0.618. The van der Waals surface area contributed by atoms with Crippen LogP contribution in [0.2, 0.25) is 10.0 Å². The molecule has 29 heavy (non-hydrogen) atoms. The van der Waals surface area contributed by atoms with Crippen LogP contribution in [0.3, 0.4) is 0 Å². The summed E-state index contributed by atoms with van der Waals surface area (Å²) in [5, 5.41) is 9.71. The topological polar surface area (TPSA) is 96.2 Å². The van der Waals surface area contributed by atoms with Crippen molar-refractivity contribution in [3.63, 3.8) is 0 Å². The van der Waals surface area contributed by atoms with Gasteiger partial charge in [0.25, 0.3) is 0 Å². The highest BCUT2D eigenvalue weighted by Gasteiger charge is 2.17. The Morgan fingerprint density at radius 1 is 0.828 bits per heavy atom. The van der Waals surface area contributed by atoms with Crippen LogP contribution in [0.15, 0.2) is 48.5 Å². The van der Waals surface area contributed by atoms with Gasteiger partial charge < -0.3 is 21.7 Å². The van der Waals surface area contributed by atoms with Crippen LogP contribution in [0.25, 0.3) is 0 Å². The minimum absolute atomic E-state index is 0.0256. The van der Waals surface area contributed by atoms with Gasteiger partial charge in [-0.25, -0.2) is 0 Å². The van der Waals surface area contributed by atoms with E-state index in [4.69, 9.17) is 28.9 Å². The Balaban J connectivity index is 0.000000291. The second-order valence-corrected chi connectivity index (χ2v) is 6.96. The maximum Gasteiger partial charge on any atom is 0.241 e. The van der Waals surface area contributed by atoms with E-state index in [2.05, 4.69) is 16.0 Å². The first-order valence-corrected chi connectivity index (χ1v) is 10.1. The van der Waals surface area contributed by atoms with Crippen molar-refractivity contribution in [2.45, 2.75) is 25.9 Å². The second kappa shape index (κ2) is 13.2. The van der Waals surface area contributed by atoms with E-state index in [9.17, 15) is 9.59 Å². The molecule has 0 saturated carbocycles. The molecule has 2 amide bonds. The van der Waals surface area contributed by atoms with Crippen LogP contribution in [0.4, 0.5) is 0 Å². The zero-order chi connectivity index (χ0) is 21.8. The van der Waals surface area contributed by atoms with E-state index >= 15 is 0 Å². The van der Waals surface area contributed by atoms with Crippen LogP contribution in [-0.4, -0.2) is 32.0 Å².